The third-order valence-electron chi connectivity index (χ3n) is 4.00. The largest absolute Gasteiger partial charge is 0.316 e. The topological polar surface area (TPSA) is 33.1 Å². The minimum absolute atomic E-state index is 0.637. The molecule has 1 saturated heterocycles. The quantitative estimate of drug-likeness (QED) is 0.923. The predicted octanol–water partition coefficient (Wildman–Crippen LogP) is 2.06. The molecule has 106 valence electrons. The van der Waals surface area contributed by atoms with Crippen molar-refractivity contribution < 1.29 is 0 Å². The van der Waals surface area contributed by atoms with Crippen LogP contribution in [0.5, 0.6) is 0 Å². The number of hydrogen-bond acceptors (Lipinski definition) is 3. The Hall–Kier alpha value is -1.65. The molecule has 3 rings (SSSR count). The molecule has 1 unspecified atom stereocenters. The van der Waals surface area contributed by atoms with E-state index in [9.17, 15) is 0 Å². The fourth-order valence-corrected chi connectivity index (χ4v) is 2.91. The molecule has 0 saturated carbocycles. The number of benzene rings is 1. The molecule has 1 fully saturated rings. The van der Waals surface area contributed by atoms with Crippen LogP contribution in [0.2, 0.25) is 0 Å². The van der Waals surface area contributed by atoms with Crippen LogP contribution in [0.4, 0.5) is 0 Å². The van der Waals surface area contributed by atoms with Gasteiger partial charge < -0.3 is 5.32 Å². The molecule has 20 heavy (non-hydrogen) atoms. The summed E-state index contributed by atoms with van der Waals surface area (Å²) in [5, 5.41) is 7.69. The smallest absolute Gasteiger partial charge is 0.0648 e. The number of nitrogens with one attached hydrogen (secondary N) is 1. The van der Waals surface area contributed by atoms with Gasteiger partial charge in [-0.15, -0.1) is 0 Å². The third kappa shape index (κ3) is 3.08. The van der Waals surface area contributed by atoms with Crippen LogP contribution in [0, 0.1) is 0 Å². The Morgan fingerprint density at radius 2 is 2.30 bits per heavy atom. The summed E-state index contributed by atoms with van der Waals surface area (Å²) in [6.45, 7) is 3.36. The molecular formula is C16H22N4. The Morgan fingerprint density at radius 3 is 3.10 bits per heavy atom. The normalized spacial score (nSPS) is 20.1. The van der Waals surface area contributed by atoms with E-state index in [0.29, 0.717) is 6.04 Å². The molecule has 1 aliphatic heterocycles. The van der Waals surface area contributed by atoms with Gasteiger partial charge in [-0.25, -0.2) is 4.68 Å². The average Bonchev–Trinajstić information content (AvgIpc) is 3.02. The van der Waals surface area contributed by atoms with Gasteiger partial charge in [0.05, 0.1) is 5.69 Å². The van der Waals surface area contributed by atoms with Crippen molar-refractivity contribution in [1.29, 1.82) is 0 Å². The van der Waals surface area contributed by atoms with Crippen LogP contribution < -0.4 is 5.32 Å². The molecule has 0 bridgehead atoms. The van der Waals surface area contributed by atoms with E-state index in [4.69, 9.17) is 0 Å². The summed E-state index contributed by atoms with van der Waals surface area (Å²) >= 11 is 0. The number of nitrogens with zero attached hydrogens (tertiary/aromatic N) is 3. The lowest BCUT2D eigenvalue weighted by atomic mass is 10.0. The van der Waals surface area contributed by atoms with Gasteiger partial charge in [0.25, 0.3) is 0 Å². The van der Waals surface area contributed by atoms with Crippen LogP contribution in [0.15, 0.2) is 42.7 Å². The summed E-state index contributed by atoms with van der Waals surface area (Å²) in [6.07, 6.45) is 6.37. The van der Waals surface area contributed by atoms with Gasteiger partial charge in [0.1, 0.15) is 0 Å². The summed E-state index contributed by atoms with van der Waals surface area (Å²) < 4.78 is 1.91. The Kier molecular flexibility index (Phi) is 4.14. The monoisotopic (exact) mass is 270 g/mol. The van der Waals surface area contributed by atoms with Gasteiger partial charge in [-0.05, 0) is 50.2 Å². The van der Waals surface area contributed by atoms with Gasteiger partial charge in [0, 0.05) is 31.5 Å². The molecule has 1 aliphatic rings. The summed E-state index contributed by atoms with van der Waals surface area (Å²) in [4.78, 5) is 2.53. The molecule has 1 atom stereocenters. The lowest BCUT2D eigenvalue weighted by Gasteiger charge is -2.32. The predicted molar refractivity (Wildman–Crippen MR) is 80.9 cm³/mol. The molecule has 0 aliphatic carbocycles. The standard InChI is InChI=1S/C16H22N4/c1-17-15-6-3-9-19(13-15)12-14-5-2-7-16(11-14)20-10-4-8-18-20/h2,4-5,7-8,10-11,15,17H,3,6,9,12-13H2,1H3. The molecule has 0 spiro atoms. The van der Waals surface area contributed by atoms with E-state index in [1.165, 1.54) is 24.9 Å². The van der Waals surface area contributed by atoms with Crippen LogP contribution in [0.3, 0.4) is 0 Å². The average molecular weight is 270 g/mol. The lowest BCUT2D eigenvalue weighted by Crippen LogP contribution is -2.43. The fourth-order valence-electron chi connectivity index (χ4n) is 2.91. The Bertz CT molecular complexity index is 535. The van der Waals surface area contributed by atoms with E-state index in [0.717, 1.165) is 18.8 Å². The van der Waals surface area contributed by atoms with Crippen LogP contribution in [0.1, 0.15) is 18.4 Å². The summed E-state index contributed by atoms with van der Waals surface area (Å²) in [7, 11) is 2.06. The van der Waals surface area contributed by atoms with Gasteiger partial charge in [0.2, 0.25) is 0 Å². The Balaban J connectivity index is 1.70. The summed E-state index contributed by atoms with van der Waals surface area (Å²) in [5.74, 6) is 0. The summed E-state index contributed by atoms with van der Waals surface area (Å²) in [5.41, 5.74) is 2.49. The maximum Gasteiger partial charge on any atom is 0.0648 e. The SMILES string of the molecule is CNC1CCCN(Cc2cccc(-n3cccn3)c2)C1. The van der Waals surface area contributed by atoms with E-state index in [-0.39, 0.29) is 0 Å². The second-order valence-corrected chi connectivity index (χ2v) is 5.48. The Morgan fingerprint density at radius 1 is 1.35 bits per heavy atom. The van der Waals surface area contributed by atoms with Crippen LogP contribution in [0.25, 0.3) is 5.69 Å². The van der Waals surface area contributed by atoms with Crippen molar-refractivity contribution in [3.63, 3.8) is 0 Å². The van der Waals surface area contributed by atoms with Crippen molar-refractivity contribution in [3.8, 4) is 5.69 Å². The molecule has 2 heterocycles. The molecule has 1 aromatic heterocycles. The van der Waals surface area contributed by atoms with E-state index in [1.54, 1.807) is 0 Å². The van der Waals surface area contributed by atoms with Gasteiger partial charge in [-0.1, -0.05) is 12.1 Å². The molecule has 1 N–H and O–H groups in total. The lowest BCUT2D eigenvalue weighted by molar-refractivity contribution is 0.188. The minimum atomic E-state index is 0.637. The first-order valence-electron chi connectivity index (χ1n) is 7.34. The first kappa shape index (κ1) is 13.3. The van der Waals surface area contributed by atoms with Crippen molar-refractivity contribution in [3.05, 3.63) is 48.3 Å². The number of likely N-dealkylation sites (tertiary alicyclic amines) is 1. The van der Waals surface area contributed by atoms with Crippen molar-refractivity contribution >= 4 is 0 Å². The van der Waals surface area contributed by atoms with Crippen molar-refractivity contribution in [2.24, 2.45) is 0 Å². The third-order valence-corrected chi connectivity index (χ3v) is 4.00. The fraction of sp³-hybridized carbons (Fsp3) is 0.438. The van der Waals surface area contributed by atoms with E-state index < -0.39 is 0 Å². The summed E-state index contributed by atoms with van der Waals surface area (Å²) in [6, 6.07) is 11.2. The first-order chi connectivity index (χ1) is 9.85. The highest BCUT2D eigenvalue weighted by molar-refractivity contribution is 5.35. The zero-order valence-electron chi connectivity index (χ0n) is 12.0. The van der Waals surface area contributed by atoms with E-state index in [2.05, 4.69) is 46.6 Å². The van der Waals surface area contributed by atoms with Gasteiger partial charge >= 0.3 is 0 Å². The highest BCUT2D eigenvalue weighted by Crippen LogP contribution is 2.15. The van der Waals surface area contributed by atoms with E-state index in [1.807, 2.05) is 23.1 Å². The zero-order valence-corrected chi connectivity index (χ0v) is 12.0. The number of rotatable bonds is 4. The van der Waals surface area contributed by atoms with E-state index >= 15 is 0 Å². The number of likely N-dealkylation sites (N-methyl/N-ethyl adjacent to an activating group) is 1. The van der Waals surface area contributed by atoms with Gasteiger partial charge in [-0.3, -0.25) is 4.90 Å². The van der Waals surface area contributed by atoms with Crippen molar-refractivity contribution in [2.45, 2.75) is 25.4 Å². The maximum absolute atomic E-state index is 4.29. The van der Waals surface area contributed by atoms with Crippen molar-refractivity contribution in [2.75, 3.05) is 20.1 Å². The molecule has 2 aromatic rings. The Labute approximate surface area is 120 Å². The second-order valence-electron chi connectivity index (χ2n) is 5.48. The van der Waals surface area contributed by atoms with Crippen LogP contribution in [-0.4, -0.2) is 40.9 Å². The van der Waals surface area contributed by atoms with Gasteiger partial charge in [-0.2, -0.15) is 5.10 Å². The molecule has 1 aromatic carbocycles. The molecule has 0 radical (unpaired) electrons. The second kappa shape index (κ2) is 6.20. The first-order valence-corrected chi connectivity index (χ1v) is 7.34. The van der Waals surface area contributed by atoms with Gasteiger partial charge in [0.15, 0.2) is 0 Å². The number of piperidine rings is 1. The van der Waals surface area contributed by atoms with Crippen molar-refractivity contribution in [1.82, 2.24) is 20.0 Å². The van der Waals surface area contributed by atoms with Crippen LogP contribution >= 0.6 is 0 Å². The molecule has 4 nitrogen and oxygen atoms in total. The molecular weight excluding hydrogens is 248 g/mol. The molecule has 4 heteroatoms. The number of hydrogen-bond donors (Lipinski definition) is 1. The highest BCUT2D eigenvalue weighted by atomic mass is 15.3. The maximum atomic E-state index is 4.29. The minimum Gasteiger partial charge on any atom is -0.316 e. The molecule has 0 amide bonds. The zero-order chi connectivity index (χ0) is 13.8. The van der Waals surface area contributed by atoms with Crippen LogP contribution in [-0.2, 0) is 6.54 Å². The highest BCUT2D eigenvalue weighted by Gasteiger charge is 2.18. The number of aromatic nitrogens is 2.